The summed E-state index contributed by atoms with van der Waals surface area (Å²) in [5.74, 6) is -2.28. The van der Waals surface area contributed by atoms with Gasteiger partial charge in [0.2, 0.25) is 11.8 Å². The minimum absolute atomic E-state index is 0.0447. The minimum Gasteiger partial charge on any atom is -0.392 e. The van der Waals surface area contributed by atoms with Crippen molar-refractivity contribution in [2.24, 2.45) is 17.6 Å². The van der Waals surface area contributed by atoms with Crippen LogP contribution in [0.2, 0.25) is 0 Å². The highest BCUT2D eigenvalue weighted by Gasteiger charge is 2.47. The normalized spacial score (nSPS) is 18.6. The highest BCUT2D eigenvalue weighted by Crippen LogP contribution is 2.40. The van der Waals surface area contributed by atoms with Crippen LogP contribution in [0.15, 0.2) is 42.5 Å². The Labute approximate surface area is 282 Å². The van der Waals surface area contributed by atoms with Gasteiger partial charge in [-0.05, 0) is 42.4 Å². The third kappa shape index (κ3) is 7.91. The fourth-order valence-corrected chi connectivity index (χ4v) is 6.39. The number of carbonyl (C=O) groups excluding carboxylic acids is 3. The summed E-state index contributed by atoms with van der Waals surface area (Å²) in [4.78, 5) is 44.3. The summed E-state index contributed by atoms with van der Waals surface area (Å²) in [5.41, 5.74) is 4.73. The second kappa shape index (κ2) is 14.9. The molecule has 4 rings (SSSR count). The van der Waals surface area contributed by atoms with Gasteiger partial charge in [-0.15, -0.1) is 0 Å². The Kier molecular flexibility index (Phi) is 11.4. The zero-order valence-corrected chi connectivity index (χ0v) is 28.1. The fraction of sp³-hybridized carbons (Fsp3) is 0.471. The Morgan fingerprint density at radius 3 is 2.29 bits per heavy atom. The first-order chi connectivity index (χ1) is 22.6. The van der Waals surface area contributed by atoms with Gasteiger partial charge in [-0.1, -0.05) is 83.1 Å². The molecule has 1 heterocycles. The average Bonchev–Trinajstić information content (AvgIpc) is 3.41. The van der Waals surface area contributed by atoms with Crippen LogP contribution in [0.5, 0.6) is 0 Å². The molecule has 0 saturated carbocycles. The lowest BCUT2D eigenvalue weighted by molar-refractivity contribution is -0.136. The van der Waals surface area contributed by atoms with E-state index in [4.69, 9.17) is 18.0 Å². The van der Waals surface area contributed by atoms with E-state index in [9.17, 15) is 31.9 Å². The number of nitrogens with two attached hydrogens (primary N) is 1. The lowest BCUT2D eigenvalue weighted by Gasteiger charge is -2.40. The van der Waals surface area contributed by atoms with E-state index in [1.54, 1.807) is 19.1 Å². The van der Waals surface area contributed by atoms with Crippen molar-refractivity contribution < 1.29 is 31.9 Å². The fourth-order valence-electron chi connectivity index (χ4n) is 6.10. The van der Waals surface area contributed by atoms with Crippen molar-refractivity contribution >= 4 is 46.0 Å². The molecule has 0 saturated heterocycles. The van der Waals surface area contributed by atoms with Gasteiger partial charge in [-0.25, -0.2) is 9.18 Å². The van der Waals surface area contributed by atoms with Gasteiger partial charge in [0, 0.05) is 29.6 Å². The van der Waals surface area contributed by atoms with Gasteiger partial charge in [0.1, 0.15) is 17.4 Å². The smallest absolute Gasteiger partial charge is 0.392 e. The number of nitrogens with one attached hydrogen (secondary N) is 5. The Morgan fingerprint density at radius 2 is 1.67 bits per heavy atom. The quantitative estimate of drug-likeness (QED) is 0.112. The molecule has 5 atom stereocenters. The van der Waals surface area contributed by atoms with E-state index in [1.807, 2.05) is 20.8 Å². The standard InChI is InChI=1S/C34H42F4N6O3S/c1-5-18(3)26(29(39)48)42-31(46)33(15-14-25-22(16-33)21-11-9-12-23(28(21)41-25)34(36,37)38)44-30(45)27(19(4)6-2)43-32(47)40-17-20-10-7-8-13-24(20)35/h7-13,18-19,26-27,41H,5-6,14-17H2,1-4H3,(H2,39,48)(H,42,46)(H,44,45)(H2,40,43,47)/t18?,19?,26-,27-,33+/m0/s1. The number of alkyl halides is 3. The van der Waals surface area contributed by atoms with Crippen LogP contribution in [0.4, 0.5) is 22.4 Å². The number of aryl methyl sites for hydroxylation is 1. The van der Waals surface area contributed by atoms with Gasteiger partial charge in [0.25, 0.3) is 0 Å². The molecular weight excluding hydrogens is 648 g/mol. The number of halogens is 4. The Bertz CT molecular complexity index is 1680. The molecule has 1 aliphatic rings. The van der Waals surface area contributed by atoms with E-state index >= 15 is 0 Å². The number of H-pyrrole nitrogens is 1. The molecule has 2 aromatic carbocycles. The molecule has 3 aromatic rings. The largest absolute Gasteiger partial charge is 0.418 e. The molecule has 1 aromatic heterocycles. The average molecular weight is 691 g/mol. The molecular formula is C34H42F4N6O3S. The van der Waals surface area contributed by atoms with Gasteiger partial charge in [-0.2, -0.15) is 13.2 Å². The summed E-state index contributed by atoms with van der Waals surface area (Å²) in [6.45, 7) is 7.25. The maximum absolute atomic E-state index is 14.3. The topological polar surface area (TPSA) is 141 Å². The van der Waals surface area contributed by atoms with Crippen molar-refractivity contribution in [1.82, 2.24) is 26.3 Å². The predicted molar refractivity (Wildman–Crippen MR) is 179 cm³/mol. The van der Waals surface area contributed by atoms with Crippen molar-refractivity contribution in [2.45, 2.75) is 90.1 Å². The van der Waals surface area contributed by atoms with Crippen LogP contribution < -0.4 is 27.0 Å². The molecule has 1 aliphatic carbocycles. The number of hydrogen-bond acceptors (Lipinski definition) is 4. The molecule has 0 bridgehead atoms. The Balaban J connectivity index is 1.69. The number of hydrogen-bond donors (Lipinski definition) is 6. The van der Waals surface area contributed by atoms with Crippen LogP contribution in [-0.2, 0) is 35.2 Å². The van der Waals surface area contributed by atoms with Gasteiger partial charge >= 0.3 is 12.2 Å². The molecule has 2 unspecified atom stereocenters. The molecule has 7 N–H and O–H groups in total. The summed E-state index contributed by atoms with van der Waals surface area (Å²) in [6.07, 6.45) is -3.42. The number of fused-ring (bicyclic) bond motifs is 3. The third-order valence-electron chi connectivity index (χ3n) is 9.40. The SMILES string of the molecule is CCC(C)[C@H](NC(=O)NCc1ccccc1F)C(=O)N[C@]1(C(=O)N[C@H](C(N)=S)C(C)CC)CCc2[nH]c3c(C(F)(F)F)cccc3c2C1. The zero-order valence-electron chi connectivity index (χ0n) is 27.3. The van der Waals surface area contributed by atoms with Gasteiger partial charge < -0.3 is 32.0 Å². The molecule has 4 amide bonds. The van der Waals surface area contributed by atoms with Crippen molar-refractivity contribution in [3.63, 3.8) is 0 Å². The van der Waals surface area contributed by atoms with E-state index in [0.717, 1.165) is 6.07 Å². The predicted octanol–water partition coefficient (Wildman–Crippen LogP) is 5.40. The molecule has 0 aliphatic heterocycles. The van der Waals surface area contributed by atoms with E-state index in [0.29, 0.717) is 29.5 Å². The Morgan fingerprint density at radius 1 is 1.00 bits per heavy atom. The summed E-state index contributed by atoms with van der Waals surface area (Å²) < 4.78 is 55.9. The first kappa shape index (κ1) is 36.6. The number of carbonyl (C=O) groups is 3. The molecule has 48 heavy (non-hydrogen) atoms. The first-order valence-electron chi connectivity index (χ1n) is 16.0. The lowest BCUT2D eigenvalue weighted by Crippen LogP contribution is -2.67. The summed E-state index contributed by atoms with van der Waals surface area (Å²) in [5, 5.41) is 11.3. The van der Waals surface area contributed by atoms with Crippen LogP contribution in [0.25, 0.3) is 10.9 Å². The molecule has 0 radical (unpaired) electrons. The third-order valence-corrected chi connectivity index (χ3v) is 9.65. The minimum atomic E-state index is -4.61. The maximum atomic E-state index is 14.3. The first-order valence-corrected chi connectivity index (χ1v) is 16.4. The van der Waals surface area contributed by atoms with Crippen LogP contribution in [-0.4, -0.2) is 45.4 Å². The van der Waals surface area contributed by atoms with Crippen LogP contribution in [0.3, 0.4) is 0 Å². The molecule has 9 nitrogen and oxygen atoms in total. The van der Waals surface area contributed by atoms with Gasteiger partial charge in [0.15, 0.2) is 0 Å². The van der Waals surface area contributed by atoms with Crippen molar-refractivity contribution in [2.75, 3.05) is 0 Å². The number of rotatable bonds is 12. The molecule has 260 valence electrons. The van der Waals surface area contributed by atoms with E-state index in [1.165, 1.54) is 24.3 Å². The number of aromatic amines is 1. The van der Waals surface area contributed by atoms with E-state index < -0.39 is 58.9 Å². The molecule has 0 spiro atoms. The number of aromatic nitrogens is 1. The van der Waals surface area contributed by atoms with Crippen molar-refractivity contribution in [3.8, 4) is 0 Å². The van der Waals surface area contributed by atoms with Crippen molar-refractivity contribution in [3.05, 3.63) is 70.7 Å². The second-order valence-electron chi connectivity index (χ2n) is 12.6. The Hall–Kier alpha value is -4.20. The van der Waals surface area contributed by atoms with Crippen LogP contribution in [0, 0.1) is 17.7 Å². The number of urea groups is 1. The number of amides is 4. The highest BCUT2D eigenvalue weighted by molar-refractivity contribution is 7.80. The second-order valence-corrected chi connectivity index (χ2v) is 13.0. The summed E-state index contributed by atoms with van der Waals surface area (Å²) >= 11 is 5.26. The summed E-state index contributed by atoms with van der Waals surface area (Å²) in [6, 6.07) is 7.27. The van der Waals surface area contributed by atoms with E-state index in [2.05, 4.69) is 26.3 Å². The maximum Gasteiger partial charge on any atom is 0.418 e. The number of benzene rings is 2. The summed E-state index contributed by atoms with van der Waals surface area (Å²) in [7, 11) is 0. The van der Waals surface area contributed by atoms with E-state index in [-0.39, 0.29) is 47.8 Å². The van der Waals surface area contributed by atoms with Gasteiger partial charge in [-0.3, -0.25) is 9.59 Å². The number of thiocarbonyl (C=S) groups is 1. The van der Waals surface area contributed by atoms with Crippen molar-refractivity contribution in [1.29, 1.82) is 0 Å². The van der Waals surface area contributed by atoms with Crippen LogP contribution >= 0.6 is 12.2 Å². The number of para-hydroxylation sites is 1. The monoisotopic (exact) mass is 690 g/mol. The lowest BCUT2D eigenvalue weighted by atomic mass is 9.78. The molecule has 0 fully saturated rings. The zero-order chi connectivity index (χ0) is 35.4. The van der Waals surface area contributed by atoms with Crippen LogP contribution in [0.1, 0.15) is 69.3 Å². The molecule has 14 heteroatoms. The van der Waals surface area contributed by atoms with Gasteiger partial charge in [0.05, 0.1) is 22.1 Å². The highest BCUT2D eigenvalue weighted by atomic mass is 32.1.